The number of thioether (sulfide) groups is 1. The molecular formula is C15H15ClO3S2. The summed E-state index contributed by atoms with van der Waals surface area (Å²) in [5.41, 5.74) is 0. The molecule has 2 aromatic rings. The molecule has 1 atom stereocenters. The van der Waals surface area contributed by atoms with Crippen LogP contribution in [0.4, 0.5) is 0 Å². The number of rotatable bonds is 6. The number of hydrogen-bond donors (Lipinski definition) is 1. The predicted molar refractivity (Wildman–Crippen MR) is 86.7 cm³/mol. The smallest absolute Gasteiger partial charge is 0.180 e. The first-order chi connectivity index (χ1) is 9.97. The molecule has 2 rings (SSSR count). The SMILES string of the molecule is O=S(=O)(C[C@H](O)CSc1ccc(Cl)cc1)c1ccccc1. The van der Waals surface area contributed by atoms with Gasteiger partial charge in [0.15, 0.2) is 9.84 Å². The molecule has 0 saturated carbocycles. The highest BCUT2D eigenvalue weighted by atomic mass is 35.5. The molecule has 0 aromatic heterocycles. The lowest BCUT2D eigenvalue weighted by Gasteiger charge is -2.11. The van der Waals surface area contributed by atoms with Gasteiger partial charge in [-0.25, -0.2) is 8.42 Å². The molecule has 0 unspecified atom stereocenters. The standard InChI is InChI=1S/C15H15ClO3S2/c16-12-6-8-14(9-7-12)20-10-13(17)11-21(18,19)15-4-2-1-3-5-15/h1-9,13,17H,10-11H2/t13-/m1/s1. The molecule has 0 aliphatic heterocycles. The second kappa shape index (κ2) is 7.31. The van der Waals surface area contributed by atoms with Crippen LogP contribution in [0.2, 0.25) is 5.02 Å². The Morgan fingerprint density at radius 3 is 2.29 bits per heavy atom. The van der Waals surface area contributed by atoms with Gasteiger partial charge >= 0.3 is 0 Å². The third-order valence-electron chi connectivity index (χ3n) is 2.77. The fraction of sp³-hybridized carbons (Fsp3) is 0.200. The van der Waals surface area contributed by atoms with Gasteiger partial charge in [-0.15, -0.1) is 11.8 Å². The normalized spacial score (nSPS) is 13.0. The maximum atomic E-state index is 12.1. The Labute approximate surface area is 133 Å². The van der Waals surface area contributed by atoms with Gasteiger partial charge in [0.2, 0.25) is 0 Å². The molecule has 0 amide bonds. The second-order valence-corrected chi connectivity index (χ2v) is 8.08. The van der Waals surface area contributed by atoms with Gasteiger partial charge in [-0.3, -0.25) is 0 Å². The van der Waals surface area contributed by atoms with E-state index in [1.807, 2.05) is 12.1 Å². The van der Waals surface area contributed by atoms with Crippen LogP contribution in [0.1, 0.15) is 0 Å². The van der Waals surface area contributed by atoms with Crippen molar-refractivity contribution in [3.63, 3.8) is 0 Å². The summed E-state index contributed by atoms with van der Waals surface area (Å²) in [7, 11) is -3.46. The monoisotopic (exact) mass is 342 g/mol. The maximum Gasteiger partial charge on any atom is 0.180 e. The number of hydrogen-bond acceptors (Lipinski definition) is 4. The fourth-order valence-corrected chi connectivity index (χ4v) is 4.24. The molecule has 6 heteroatoms. The zero-order chi connectivity index (χ0) is 15.3. The van der Waals surface area contributed by atoms with Gasteiger partial charge in [-0.05, 0) is 36.4 Å². The molecule has 0 aliphatic carbocycles. The Hall–Kier alpha value is -1.01. The summed E-state index contributed by atoms with van der Waals surface area (Å²) in [5, 5.41) is 10.6. The van der Waals surface area contributed by atoms with Crippen LogP contribution in [-0.4, -0.2) is 31.1 Å². The Morgan fingerprint density at radius 1 is 1.05 bits per heavy atom. The van der Waals surface area contributed by atoms with Crippen LogP contribution in [0.25, 0.3) is 0 Å². The van der Waals surface area contributed by atoms with Crippen LogP contribution in [0.15, 0.2) is 64.4 Å². The van der Waals surface area contributed by atoms with E-state index in [1.165, 1.54) is 23.9 Å². The first-order valence-electron chi connectivity index (χ1n) is 6.31. The molecule has 0 radical (unpaired) electrons. The molecule has 2 aromatic carbocycles. The van der Waals surface area contributed by atoms with Crippen molar-refractivity contribution in [2.45, 2.75) is 15.9 Å². The van der Waals surface area contributed by atoms with E-state index in [1.54, 1.807) is 30.3 Å². The lowest BCUT2D eigenvalue weighted by Crippen LogP contribution is -2.23. The lowest BCUT2D eigenvalue weighted by atomic mass is 10.4. The molecule has 3 nitrogen and oxygen atoms in total. The highest BCUT2D eigenvalue weighted by Crippen LogP contribution is 2.22. The summed E-state index contributed by atoms with van der Waals surface area (Å²) in [5.74, 6) is 0.0330. The lowest BCUT2D eigenvalue weighted by molar-refractivity contribution is 0.222. The van der Waals surface area contributed by atoms with Crippen molar-refractivity contribution < 1.29 is 13.5 Å². The van der Waals surface area contributed by atoms with Crippen LogP contribution >= 0.6 is 23.4 Å². The molecular weight excluding hydrogens is 328 g/mol. The number of halogens is 1. The van der Waals surface area contributed by atoms with E-state index < -0.39 is 15.9 Å². The summed E-state index contributed by atoms with van der Waals surface area (Å²) < 4.78 is 24.2. The molecule has 0 aliphatic rings. The summed E-state index contributed by atoms with van der Waals surface area (Å²) in [6.45, 7) is 0. The van der Waals surface area contributed by atoms with Gasteiger partial charge in [0.25, 0.3) is 0 Å². The van der Waals surface area contributed by atoms with Crippen molar-refractivity contribution in [3.8, 4) is 0 Å². The van der Waals surface area contributed by atoms with Crippen LogP contribution < -0.4 is 0 Å². The molecule has 0 bridgehead atoms. The minimum absolute atomic E-state index is 0.237. The Balaban J connectivity index is 1.92. The van der Waals surface area contributed by atoms with Crippen LogP contribution in [0, 0.1) is 0 Å². The van der Waals surface area contributed by atoms with Crippen LogP contribution in [0.3, 0.4) is 0 Å². The van der Waals surface area contributed by atoms with Gasteiger partial charge in [0.05, 0.1) is 16.8 Å². The number of aliphatic hydroxyl groups excluding tert-OH is 1. The summed E-state index contributed by atoms with van der Waals surface area (Å²) in [6.07, 6.45) is -0.920. The number of aliphatic hydroxyl groups is 1. The van der Waals surface area contributed by atoms with Crippen molar-refractivity contribution in [2.75, 3.05) is 11.5 Å². The molecule has 0 spiro atoms. The quantitative estimate of drug-likeness (QED) is 0.819. The van der Waals surface area contributed by atoms with Gasteiger partial charge in [-0.1, -0.05) is 29.8 Å². The van der Waals surface area contributed by atoms with Gasteiger partial charge in [0.1, 0.15) is 0 Å². The van der Waals surface area contributed by atoms with Gasteiger partial charge in [-0.2, -0.15) is 0 Å². The zero-order valence-corrected chi connectivity index (χ0v) is 13.5. The molecule has 112 valence electrons. The fourth-order valence-electron chi connectivity index (χ4n) is 1.75. The molecule has 21 heavy (non-hydrogen) atoms. The van der Waals surface area contributed by atoms with Crippen molar-refractivity contribution in [1.29, 1.82) is 0 Å². The Morgan fingerprint density at radius 2 is 1.67 bits per heavy atom. The van der Waals surface area contributed by atoms with Crippen molar-refractivity contribution in [1.82, 2.24) is 0 Å². The predicted octanol–water partition coefficient (Wildman–Crippen LogP) is 3.27. The summed E-state index contributed by atoms with van der Waals surface area (Å²) in [4.78, 5) is 1.18. The minimum Gasteiger partial charge on any atom is -0.391 e. The van der Waals surface area contributed by atoms with Gasteiger partial charge < -0.3 is 5.11 Å². The van der Waals surface area contributed by atoms with Crippen molar-refractivity contribution in [3.05, 3.63) is 59.6 Å². The highest BCUT2D eigenvalue weighted by molar-refractivity contribution is 7.99. The van der Waals surface area contributed by atoms with Crippen LogP contribution in [-0.2, 0) is 9.84 Å². The largest absolute Gasteiger partial charge is 0.391 e. The summed E-state index contributed by atoms with van der Waals surface area (Å²) >= 11 is 7.19. The van der Waals surface area contributed by atoms with E-state index in [4.69, 9.17) is 11.6 Å². The van der Waals surface area contributed by atoms with E-state index in [0.717, 1.165) is 4.90 Å². The maximum absolute atomic E-state index is 12.1. The Bertz CT molecular complexity index is 670. The average Bonchev–Trinajstić information content (AvgIpc) is 2.47. The van der Waals surface area contributed by atoms with E-state index in [2.05, 4.69) is 0 Å². The third-order valence-corrected chi connectivity index (χ3v) is 5.99. The minimum atomic E-state index is -3.46. The summed E-state index contributed by atoms with van der Waals surface area (Å²) in [6, 6.07) is 15.4. The van der Waals surface area contributed by atoms with Gasteiger partial charge in [0, 0.05) is 15.7 Å². The highest BCUT2D eigenvalue weighted by Gasteiger charge is 2.19. The second-order valence-electron chi connectivity index (χ2n) is 4.51. The molecule has 0 saturated heterocycles. The van der Waals surface area contributed by atoms with Crippen LogP contribution in [0.5, 0.6) is 0 Å². The topological polar surface area (TPSA) is 54.4 Å². The van der Waals surface area contributed by atoms with E-state index >= 15 is 0 Å². The first-order valence-corrected chi connectivity index (χ1v) is 9.33. The number of benzene rings is 2. The van der Waals surface area contributed by atoms with Crippen molar-refractivity contribution in [2.24, 2.45) is 0 Å². The van der Waals surface area contributed by atoms with Crippen molar-refractivity contribution >= 4 is 33.2 Å². The van der Waals surface area contributed by atoms with E-state index in [0.29, 0.717) is 10.8 Å². The van der Waals surface area contributed by atoms with E-state index in [9.17, 15) is 13.5 Å². The van der Waals surface area contributed by atoms with E-state index in [-0.39, 0.29) is 10.6 Å². The molecule has 0 heterocycles. The average molecular weight is 343 g/mol. The zero-order valence-electron chi connectivity index (χ0n) is 11.1. The third kappa shape index (κ3) is 5.04. The molecule has 1 N–H and O–H groups in total. The first kappa shape index (κ1) is 16.4. The number of sulfone groups is 1. The Kier molecular flexibility index (Phi) is 5.70. The molecule has 0 fully saturated rings.